The Morgan fingerprint density at radius 3 is 2.56 bits per heavy atom. The van der Waals surface area contributed by atoms with E-state index in [0.717, 1.165) is 10.9 Å². The Morgan fingerprint density at radius 2 is 1.85 bits per heavy atom. The summed E-state index contributed by atoms with van der Waals surface area (Å²) in [7, 11) is 1.89. The lowest BCUT2D eigenvalue weighted by atomic mass is 10.2. The maximum absolute atomic E-state index is 12.3. The van der Waals surface area contributed by atoms with Gasteiger partial charge in [0.2, 0.25) is 0 Å². The molecule has 0 spiro atoms. The summed E-state index contributed by atoms with van der Waals surface area (Å²) in [4.78, 5) is 12.3. The SMILES string of the molecule is Cc1ccc(CSc2nnc(CNC(=O)c3ccc(Cl)c(Cl)c3)n2C)cc1. The predicted molar refractivity (Wildman–Crippen MR) is 109 cm³/mol. The highest BCUT2D eigenvalue weighted by Crippen LogP contribution is 2.23. The van der Waals surface area contributed by atoms with Gasteiger partial charge in [-0.2, -0.15) is 0 Å². The van der Waals surface area contributed by atoms with E-state index in [1.165, 1.54) is 11.1 Å². The Hall–Kier alpha value is -2.02. The lowest BCUT2D eigenvalue weighted by Crippen LogP contribution is -2.24. The molecule has 0 aliphatic rings. The van der Waals surface area contributed by atoms with Gasteiger partial charge in [0, 0.05) is 18.4 Å². The van der Waals surface area contributed by atoms with Crippen molar-refractivity contribution in [2.45, 2.75) is 24.4 Å². The Labute approximate surface area is 172 Å². The summed E-state index contributed by atoms with van der Waals surface area (Å²) in [5.74, 6) is 1.24. The minimum absolute atomic E-state index is 0.245. The summed E-state index contributed by atoms with van der Waals surface area (Å²) in [6.45, 7) is 2.34. The zero-order chi connectivity index (χ0) is 19.4. The van der Waals surface area contributed by atoms with Crippen LogP contribution < -0.4 is 5.32 Å². The molecule has 0 bridgehead atoms. The van der Waals surface area contributed by atoms with Gasteiger partial charge >= 0.3 is 0 Å². The second-order valence-electron chi connectivity index (χ2n) is 6.04. The molecule has 0 atom stereocenters. The number of hydrogen-bond acceptors (Lipinski definition) is 4. The number of nitrogens with zero attached hydrogens (tertiary/aromatic N) is 3. The number of nitrogens with one attached hydrogen (secondary N) is 1. The van der Waals surface area contributed by atoms with E-state index in [4.69, 9.17) is 23.2 Å². The molecule has 1 aromatic heterocycles. The second kappa shape index (κ2) is 8.78. The molecule has 5 nitrogen and oxygen atoms in total. The molecular formula is C19H18Cl2N4OS. The van der Waals surface area contributed by atoms with E-state index in [1.807, 2.05) is 11.6 Å². The first-order valence-electron chi connectivity index (χ1n) is 8.24. The number of benzene rings is 2. The van der Waals surface area contributed by atoms with Gasteiger partial charge in [0.05, 0.1) is 16.6 Å². The van der Waals surface area contributed by atoms with Crippen molar-refractivity contribution in [1.82, 2.24) is 20.1 Å². The van der Waals surface area contributed by atoms with Crippen LogP contribution in [0.25, 0.3) is 0 Å². The summed E-state index contributed by atoms with van der Waals surface area (Å²) in [5, 5.41) is 12.8. The number of aromatic nitrogens is 3. The first-order valence-corrected chi connectivity index (χ1v) is 9.98. The van der Waals surface area contributed by atoms with Gasteiger partial charge < -0.3 is 9.88 Å². The van der Waals surface area contributed by atoms with Crippen LogP contribution in [0.1, 0.15) is 27.3 Å². The van der Waals surface area contributed by atoms with Crippen molar-refractivity contribution in [3.8, 4) is 0 Å². The van der Waals surface area contributed by atoms with Crippen LogP contribution in [0.4, 0.5) is 0 Å². The number of halogens is 2. The molecule has 27 heavy (non-hydrogen) atoms. The number of hydrogen-bond donors (Lipinski definition) is 1. The van der Waals surface area contributed by atoms with E-state index in [-0.39, 0.29) is 12.5 Å². The maximum Gasteiger partial charge on any atom is 0.251 e. The highest BCUT2D eigenvalue weighted by molar-refractivity contribution is 7.98. The van der Waals surface area contributed by atoms with Gasteiger partial charge in [0.15, 0.2) is 11.0 Å². The minimum atomic E-state index is -0.245. The van der Waals surface area contributed by atoms with Crippen molar-refractivity contribution in [1.29, 1.82) is 0 Å². The van der Waals surface area contributed by atoms with Crippen LogP contribution in [-0.2, 0) is 19.3 Å². The molecular weight excluding hydrogens is 403 g/mol. The molecule has 0 saturated heterocycles. The van der Waals surface area contributed by atoms with E-state index in [2.05, 4.69) is 46.7 Å². The number of carbonyl (C=O) groups is 1. The van der Waals surface area contributed by atoms with Crippen LogP contribution >= 0.6 is 35.0 Å². The Balaban J connectivity index is 1.59. The molecule has 8 heteroatoms. The zero-order valence-corrected chi connectivity index (χ0v) is 17.2. The van der Waals surface area contributed by atoms with Crippen LogP contribution in [0, 0.1) is 6.92 Å². The van der Waals surface area contributed by atoms with E-state index >= 15 is 0 Å². The van der Waals surface area contributed by atoms with Crippen LogP contribution in [0.2, 0.25) is 10.0 Å². The standard InChI is InChI=1S/C19H18Cl2N4OS/c1-12-3-5-13(6-4-12)11-27-19-24-23-17(25(19)2)10-22-18(26)14-7-8-15(20)16(21)9-14/h3-9H,10-11H2,1-2H3,(H,22,26). The fourth-order valence-corrected chi connectivity index (χ4v) is 3.54. The number of aryl methyl sites for hydroxylation is 1. The van der Waals surface area contributed by atoms with E-state index in [9.17, 15) is 4.79 Å². The summed E-state index contributed by atoms with van der Waals surface area (Å²) in [6.07, 6.45) is 0. The average molecular weight is 421 g/mol. The Kier molecular flexibility index (Phi) is 6.42. The summed E-state index contributed by atoms with van der Waals surface area (Å²) >= 11 is 13.4. The second-order valence-corrected chi connectivity index (χ2v) is 7.80. The molecule has 3 aromatic rings. The fraction of sp³-hybridized carbons (Fsp3) is 0.211. The van der Waals surface area contributed by atoms with Gasteiger partial charge in [-0.05, 0) is 30.7 Å². The van der Waals surface area contributed by atoms with Gasteiger partial charge in [-0.25, -0.2) is 0 Å². The van der Waals surface area contributed by atoms with E-state index < -0.39 is 0 Å². The zero-order valence-electron chi connectivity index (χ0n) is 14.9. The molecule has 0 saturated carbocycles. The van der Waals surface area contributed by atoms with Crippen molar-refractivity contribution >= 4 is 40.9 Å². The maximum atomic E-state index is 12.3. The lowest BCUT2D eigenvalue weighted by Gasteiger charge is -2.07. The average Bonchev–Trinajstić information content (AvgIpc) is 3.01. The molecule has 2 aromatic carbocycles. The topological polar surface area (TPSA) is 59.8 Å². The number of thioether (sulfide) groups is 1. The highest BCUT2D eigenvalue weighted by Gasteiger charge is 2.12. The van der Waals surface area contributed by atoms with E-state index in [1.54, 1.807) is 30.0 Å². The normalized spacial score (nSPS) is 10.8. The molecule has 0 fully saturated rings. The van der Waals surface area contributed by atoms with Gasteiger partial charge in [-0.15, -0.1) is 10.2 Å². The summed E-state index contributed by atoms with van der Waals surface area (Å²) in [5.41, 5.74) is 2.91. The third kappa shape index (κ3) is 5.03. The molecule has 1 heterocycles. The number of carbonyl (C=O) groups excluding carboxylic acids is 1. The van der Waals surface area contributed by atoms with Crippen LogP contribution in [0.5, 0.6) is 0 Å². The molecule has 1 amide bonds. The Bertz CT molecular complexity index is 957. The predicted octanol–water partition coefficient (Wildman–Crippen LogP) is 4.65. The minimum Gasteiger partial charge on any atom is -0.345 e. The van der Waals surface area contributed by atoms with Gasteiger partial charge in [0.1, 0.15) is 0 Å². The largest absolute Gasteiger partial charge is 0.345 e. The lowest BCUT2D eigenvalue weighted by molar-refractivity contribution is 0.0949. The van der Waals surface area contributed by atoms with Crippen molar-refractivity contribution in [2.24, 2.45) is 7.05 Å². The van der Waals surface area contributed by atoms with Gasteiger partial charge in [0.25, 0.3) is 5.91 Å². The number of rotatable bonds is 6. The quantitative estimate of drug-likeness (QED) is 0.589. The van der Waals surface area contributed by atoms with Crippen LogP contribution in [0.3, 0.4) is 0 Å². The summed E-state index contributed by atoms with van der Waals surface area (Å²) in [6, 6.07) is 13.2. The van der Waals surface area contributed by atoms with Crippen molar-refractivity contribution in [3.05, 3.63) is 75.0 Å². The molecule has 3 rings (SSSR count). The molecule has 0 radical (unpaired) electrons. The molecule has 0 aliphatic carbocycles. The smallest absolute Gasteiger partial charge is 0.251 e. The monoisotopic (exact) mass is 420 g/mol. The number of amides is 1. The molecule has 0 aliphatic heterocycles. The van der Waals surface area contributed by atoms with Crippen molar-refractivity contribution in [2.75, 3.05) is 0 Å². The first-order chi connectivity index (χ1) is 12.9. The van der Waals surface area contributed by atoms with E-state index in [0.29, 0.717) is 21.4 Å². The van der Waals surface area contributed by atoms with Crippen LogP contribution in [0.15, 0.2) is 47.6 Å². The molecule has 0 unspecified atom stereocenters. The van der Waals surface area contributed by atoms with Crippen LogP contribution in [-0.4, -0.2) is 20.7 Å². The Morgan fingerprint density at radius 1 is 1.11 bits per heavy atom. The fourth-order valence-electron chi connectivity index (χ4n) is 2.36. The van der Waals surface area contributed by atoms with Crippen molar-refractivity contribution < 1.29 is 4.79 Å². The van der Waals surface area contributed by atoms with Gasteiger partial charge in [-0.3, -0.25) is 4.79 Å². The van der Waals surface area contributed by atoms with Gasteiger partial charge in [-0.1, -0.05) is 64.8 Å². The summed E-state index contributed by atoms with van der Waals surface area (Å²) < 4.78 is 1.88. The first kappa shape index (κ1) is 19.7. The highest BCUT2D eigenvalue weighted by atomic mass is 35.5. The third-order valence-corrected chi connectivity index (χ3v) is 5.83. The molecule has 1 N–H and O–H groups in total. The molecule has 140 valence electrons. The third-order valence-electron chi connectivity index (χ3n) is 4.00. The van der Waals surface area contributed by atoms with Crippen molar-refractivity contribution in [3.63, 3.8) is 0 Å².